The maximum atomic E-state index is 12.9. The van der Waals surface area contributed by atoms with E-state index in [9.17, 15) is 8.42 Å². The van der Waals surface area contributed by atoms with Crippen LogP contribution >= 0.6 is 12.2 Å². The van der Waals surface area contributed by atoms with Gasteiger partial charge < -0.3 is 10.2 Å². The molecule has 0 unspecified atom stereocenters. The van der Waals surface area contributed by atoms with Crippen LogP contribution in [0.25, 0.3) is 0 Å². The molecule has 0 spiro atoms. The summed E-state index contributed by atoms with van der Waals surface area (Å²) in [5.41, 5.74) is 2.89. The molecule has 5 rings (SSSR count). The van der Waals surface area contributed by atoms with Crippen LogP contribution in [0.15, 0.2) is 58.4 Å². The van der Waals surface area contributed by atoms with E-state index < -0.39 is 16.2 Å². The lowest BCUT2D eigenvalue weighted by molar-refractivity contribution is 0.222. The van der Waals surface area contributed by atoms with Crippen LogP contribution in [-0.4, -0.2) is 48.9 Å². The second kappa shape index (κ2) is 8.57. The smallest absolute Gasteiger partial charge is 0.297 e. The highest BCUT2D eigenvalue weighted by Gasteiger charge is 2.42. The molecule has 2 aromatic rings. The van der Waals surface area contributed by atoms with Crippen LogP contribution < -0.4 is 5.32 Å². The number of aliphatic imine (C=N–C) groups is 1. The van der Waals surface area contributed by atoms with Crippen molar-refractivity contribution in [1.82, 2.24) is 4.90 Å². The molecule has 2 aromatic carbocycles. The van der Waals surface area contributed by atoms with Gasteiger partial charge in [-0.05, 0) is 44.0 Å². The molecule has 1 N–H and O–H groups in total. The molecule has 2 atom stereocenters. The maximum absolute atomic E-state index is 12.9. The minimum absolute atomic E-state index is 0.131. The molecule has 0 bridgehead atoms. The summed E-state index contributed by atoms with van der Waals surface area (Å²) in [7, 11) is -3.86. The maximum Gasteiger partial charge on any atom is 0.297 e. The Bertz CT molecular complexity index is 1160. The standard InChI is InChI=1S/C24H27N3O3S2/c1-16-10-12-19(13-11-16)32(28,29)30-18-14-22-23(25-17-6-2-3-7-17)26-21-9-5-4-8-20(21)24(31)27(22)15-18/h4-5,8-13,17-18,22H,2-3,6-7,14-15H2,1H3,(H,25,26)/t18-,22+/m1/s1. The van der Waals surface area contributed by atoms with Gasteiger partial charge in [0.25, 0.3) is 10.1 Å². The molecule has 0 aromatic heterocycles. The van der Waals surface area contributed by atoms with E-state index in [1.807, 2.05) is 31.2 Å². The summed E-state index contributed by atoms with van der Waals surface area (Å²) in [5, 5.41) is 3.53. The molecular formula is C24H27N3O3S2. The third kappa shape index (κ3) is 4.19. The molecule has 1 saturated heterocycles. The summed E-state index contributed by atoms with van der Waals surface area (Å²) in [6.45, 7) is 2.33. The third-order valence-electron chi connectivity index (χ3n) is 6.48. The minimum atomic E-state index is -3.86. The van der Waals surface area contributed by atoms with Crippen molar-refractivity contribution in [3.8, 4) is 0 Å². The van der Waals surface area contributed by atoms with E-state index in [2.05, 4.69) is 10.2 Å². The highest BCUT2D eigenvalue weighted by Crippen LogP contribution is 2.33. The van der Waals surface area contributed by atoms with Crippen LogP contribution in [0.2, 0.25) is 0 Å². The number of nitrogens with zero attached hydrogens (tertiary/aromatic N) is 2. The van der Waals surface area contributed by atoms with E-state index in [0.29, 0.717) is 24.0 Å². The number of para-hydroxylation sites is 1. The number of amidine groups is 1. The zero-order valence-corrected chi connectivity index (χ0v) is 19.7. The lowest BCUT2D eigenvalue weighted by atomic mass is 10.1. The topological polar surface area (TPSA) is 71.0 Å². The quantitative estimate of drug-likeness (QED) is 0.532. The van der Waals surface area contributed by atoms with E-state index >= 15 is 0 Å². The van der Waals surface area contributed by atoms with E-state index in [1.54, 1.807) is 24.3 Å². The molecule has 1 saturated carbocycles. The average Bonchev–Trinajstić information content (AvgIpc) is 3.41. The second-order valence-corrected chi connectivity index (χ2v) is 10.8. The van der Waals surface area contributed by atoms with Crippen LogP contribution in [0.5, 0.6) is 0 Å². The molecule has 2 aliphatic heterocycles. The number of anilines is 1. The lowest BCUT2D eigenvalue weighted by Gasteiger charge is -2.25. The van der Waals surface area contributed by atoms with Crippen molar-refractivity contribution >= 4 is 38.8 Å². The summed E-state index contributed by atoms with van der Waals surface area (Å²) in [6.07, 6.45) is 4.59. The molecule has 0 radical (unpaired) electrons. The highest BCUT2D eigenvalue weighted by molar-refractivity contribution is 7.86. The predicted molar refractivity (Wildman–Crippen MR) is 130 cm³/mol. The number of nitrogens with one attached hydrogen (secondary N) is 1. The number of thiocarbonyl (C=S) groups is 1. The van der Waals surface area contributed by atoms with Crippen molar-refractivity contribution in [2.24, 2.45) is 4.99 Å². The van der Waals surface area contributed by atoms with Crippen LogP contribution in [0.3, 0.4) is 0 Å². The fraction of sp³-hybridized carbons (Fsp3) is 0.417. The Morgan fingerprint density at radius 1 is 1.09 bits per heavy atom. The van der Waals surface area contributed by atoms with Gasteiger partial charge in [-0.1, -0.05) is 54.9 Å². The van der Waals surface area contributed by atoms with Crippen molar-refractivity contribution in [2.75, 3.05) is 11.9 Å². The van der Waals surface area contributed by atoms with E-state index in [4.69, 9.17) is 21.4 Å². The summed E-state index contributed by atoms with van der Waals surface area (Å²) in [5.74, 6) is 0.864. The molecule has 3 aliphatic rings. The molecule has 0 amide bonds. The first kappa shape index (κ1) is 21.6. The molecule has 6 nitrogen and oxygen atoms in total. The minimum Gasteiger partial charge on any atom is -0.349 e. The molecule has 2 fully saturated rings. The third-order valence-corrected chi connectivity index (χ3v) is 8.31. The van der Waals surface area contributed by atoms with Crippen molar-refractivity contribution in [3.63, 3.8) is 0 Å². The Kier molecular flexibility index (Phi) is 5.77. The zero-order valence-electron chi connectivity index (χ0n) is 18.0. The van der Waals surface area contributed by atoms with E-state index in [1.165, 1.54) is 12.8 Å². The van der Waals surface area contributed by atoms with Crippen molar-refractivity contribution in [2.45, 2.75) is 62.1 Å². The van der Waals surface area contributed by atoms with Crippen LogP contribution in [0, 0.1) is 6.92 Å². The number of hydrogen-bond donors (Lipinski definition) is 1. The Morgan fingerprint density at radius 2 is 1.81 bits per heavy atom. The Labute approximate surface area is 194 Å². The summed E-state index contributed by atoms with van der Waals surface area (Å²) < 4.78 is 31.5. The monoisotopic (exact) mass is 469 g/mol. The lowest BCUT2D eigenvalue weighted by Crippen LogP contribution is -2.40. The average molecular weight is 470 g/mol. The van der Waals surface area contributed by atoms with Crippen LogP contribution in [0.4, 0.5) is 5.69 Å². The van der Waals surface area contributed by atoms with Crippen LogP contribution in [0.1, 0.15) is 43.2 Å². The Morgan fingerprint density at radius 3 is 2.56 bits per heavy atom. The van der Waals surface area contributed by atoms with Gasteiger partial charge in [-0.2, -0.15) is 8.42 Å². The summed E-state index contributed by atoms with van der Waals surface area (Å²) >= 11 is 5.85. The van der Waals surface area contributed by atoms with Gasteiger partial charge in [0.15, 0.2) is 0 Å². The normalized spacial score (nSPS) is 24.8. The molecule has 32 heavy (non-hydrogen) atoms. The van der Waals surface area contributed by atoms with Gasteiger partial charge in [0.05, 0.1) is 23.1 Å². The number of hydrogen-bond acceptors (Lipinski definition) is 5. The first-order valence-corrected chi connectivity index (χ1v) is 13.0. The Balaban J connectivity index is 1.44. The summed E-state index contributed by atoms with van der Waals surface area (Å²) in [6, 6.07) is 14.9. The predicted octanol–water partition coefficient (Wildman–Crippen LogP) is 4.29. The molecular weight excluding hydrogens is 442 g/mol. The van der Waals surface area contributed by atoms with Gasteiger partial charge in [0.1, 0.15) is 10.8 Å². The molecule has 2 heterocycles. The number of aryl methyl sites for hydroxylation is 1. The van der Waals surface area contributed by atoms with E-state index in [-0.39, 0.29) is 10.9 Å². The van der Waals surface area contributed by atoms with Crippen molar-refractivity contribution in [3.05, 3.63) is 59.7 Å². The number of fused-ring (bicyclic) bond motifs is 2. The van der Waals surface area contributed by atoms with Crippen molar-refractivity contribution in [1.29, 1.82) is 0 Å². The molecule has 1 aliphatic carbocycles. The van der Waals surface area contributed by atoms with Gasteiger partial charge in [-0.25, -0.2) is 0 Å². The van der Waals surface area contributed by atoms with Gasteiger partial charge in [-0.15, -0.1) is 0 Å². The SMILES string of the molecule is Cc1ccc(S(=O)(=O)O[C@@H]2C[C@H]3C(=NC4CCCC4)Nc4ccccc4C(=S)N3C2)cc1. The molecule has 168 valence electrons. The Hall–Kier alpha value is -2.29. The highest BCUT2D eigenvalue weighted by atomic mass is 32.2. The second-order valence-electron chi connectivity index (χ2n) is 8.82. The fourth-order valence-corrected chi connectivity index (χ4v) is 6.25. The fourth-order valence-electron chi connectivity index (χ4n) is 4.79. The molecule has 8 heteroatoms. The zero-order chi connectivity index (χ0) is 22.3. The number of benzene rings is 2. The van der Waals surface area contributed by atoms with Crippen LogP contribution in [-0.2, 0) is 14.3 Å². The van der Waals surface area contributed by atoms with E-state index in [0.717, 1.165) is 35.5 Å². The largest absolute Gasteiger partial charge is 0.349 e. The van der Waals surface area contributed by atoms with Gasteiger partial charge in [0.2, 0.25) is 0 Å². The van der Waals surface area contributed by atoms with Crippen molar-refractivity contribution < 1.29 is 12.6 Å². The van der Waals surface area contributed by atoms with Gasteiger partial charge in [0, 0.05) is 24.2 Å². The first-order chi connectivity index (χ1) is 15.4. The first-order valence-electron chi connectivity index (χ1n) is 11.2. The van der Waals surface area contributed by atoms with Gasteiger partial charge in [-0.3, -0.25) is 9.18 Å². The van der Waals surface area contributed by atoms with Gasteiger partial charge >= 0.3 is 0 Å². The summed E-state index contributed by atoms with van der Waals surface area (Å²) in [4.78, 5) is 8.03. The number of rotatable bonds is 4.